The Bertz CT molecular complexity index is 709. The third-order valence-corrected chi connectivity index (χ3v) is 5.78. The number of hydrogen-bond donors (Lipinski definition) is 2. The summed E-state index contributed by atoms with van der Waals surface area (Å²) in [6.07, 6.45) is -0.906. The summed E-state index contributed by atoms with van der Waals surface area (Å²) in [6, 6.07) is 5.10. The average molecular weight is 376 g/mol. The van der Waals surface area contributed by atoms with E-state index in [4.69, 9.17) is 0 Å². The van der Waals surface area contributed by atoms with Crippen molar-refractivity contribution in [1.29, 1.82) is 0 Å². The maximum atomic E-state index is 12.5. The van der Waals surface area contributed by atoms with Crippen LogP contribution in [0.3, 0.4) is 0 Å². The molecule has 0 aliphatic carbocycles. The van der Waals surface area contributed by atoms with Gasteiger partial charge in [-0.05, 0) is 43.5 Å². The van der Waals surface area contributed by atoms with E-state index in [1.54, 1.807) is 9.62 Å². The first-order valence-electron chi connectivity index (χ1n) is 8.06. The summed E-state index contributed by atoms with van der Waals surface area (Å²) >= 11 is 0. The van der Waals surface area contributed by atoms with E-state index in [2.05, 4.69) is 0 Å². The van der Waals surface area contributed by atoms with Crippen LogP contribution in [0.4, 0.5) is 8.78 Å². The standard InChI is InChI=1S/C16H22F2N2O4S/c1-2-16(22)8-3-9-20(11-16)15(21)12-4-6-13(7-5-12)25(23,24)19-10-14(17)18/h4-7,14,19,22H,2-3,8-11H2,1H3/t16-/m0/s1. The number of piperidine rings is 1. The molecule has 1 fully saturated rings. The van der Waals surface area contributed by atoms with E-state index >= 15 is 0 Å². The second-order valence-electron chi connectivity index (χ2n) is 6.18. The number of sulfonamides is 1. The summed E-state index contributed by atoms with van der Waals surface area (Å²) in [5.74, 6) is -0.295. The predicted molar refractivity (Wildman–Crippen MR) is 88.0 cm³/mol. The molecule has 2 N–H and O–H groups in total. The zero-order chi connectivity index (χ0) is 18.7. The van der Waals surface area contributed by atoms with E-state index in [9.17, 15) is 27.1 Å². The van der Waals surface area contributed by atoms with Crippen LogP contribution < -0.4 is 4.72 Å². The van der Waals surface area contributed by atoms with Crippen molar-refractivity contribution >= 4 is 15.9 Å². The van der Waals surface area contributed by atoms with Crippen LogP contribution in [0.25, 0.3) is 0 Å². The van der Waals surface area contributed by atoms with Crippen LogP contribution in [0, 0.1) is 0 Å². The third-order valence-electron chi connectivity index (χ3n) is 4.34. The average Bonchev–Trinajstić information content (AvgIpc) is 2.59. The molecule has 0 unspecified atom stereocenters. The van der Waals surface area contributed by atoms with Gasteiger partial charge in [0.05, 0.1) is 17.0 Å². The van der Waals surface area contributed by atoms with Crippen LogP contribution in [-0.2, 0) is 10.0 Å². The molecule has 25 heavy (non-hydrogen) atoms. The summed E-state index contributed by atoms with van der Waals surface area (Å²) < 4.78 is 49.8. The minimum Gasteiger partial charge on any atom is -0.388 e. The van der Waals surface area contributed by atoms with Crippen LogP contribution in [0.5, 0.6) is 0 Å². The Kier molecular flexibility index (Phi) is 6.12. The van der Waals surface area contributed by atoms with E-state index in [1.807, 2.05) is 6.92 Å². The van der Waals surface area contributed by atoms with E-state index in [0.29, 0.717) is 25.8 Å². The van der Waals surface area contributed by atoms with Crippen molar-refractivity contribution in [2.75, 3.05) is 19.6 Å². The molecule has 9 heteroatoms. The highest BCUT2D eigenvalue weighted by molar-refractivity contribution is 7.89. The van der Waals surface area contributed by atoms with Crippen molar-refractivity contribution in [3.05, 3.63) is 29.8 Å². The van der Waals surface area contributed by atoms with Crippen molar-refractivity contribution in [3.63, 3.8) is 0 Å². The second-order valence-corrected chi connectivity index (χ2v) is 7.94. The molecule has 1 aliphatic heterocycles. The SMILES string of the molecule is CC[C@]1(O)CCCN(C(=O)c2ccc(S(=O)(=O)NCC(F)F)cc2)C1. The lowest BCUT2D eigenvalue weighted by molar-refractivity contribution is -0.0270. The first-order valence-corrected chi connectivity index (χ1v) is 9.55. The fourth-order valence-electron chi connectivity index (χ4n) is 2.79. The number of alkyl halides is 2. The van der Waals surface area contributed by atoms with Crippen molar-refractivity contribution in [3.8, 4) is 0 Å². The molecule has 1 aliphatic rings. The molecule has 1 saturated heterocycles. The zero-order valence-electron chi connectivity index (χ0n) is 13.9. The number of likely N-dealkylation sites (tertiary alicyclic amines) is 1. The highest BCUT2D eigenvalue weighted by Gasteiger charge is 2.33. The van der Waals surface area contributed by atoms with Crippen LogP contribution in [0.15, 0.2) is 29.2 Å². The molecule has 1 heterocycles. The zero-order valence-corrected chi connectivity index (χ0v) is 14.7. The monoisotopic (exact) mass is 376 g/mol. The van der Waals surface area contributed by atoms with Crippen molar-refractivity contribution in [1.82, 2.24) is 9.62 Å². The maximum Gasteiger partial charge on any atom is 0.253 e. The van der Waals surface area contributed by atoms with Gasteiger partial charge >= 0.3 is 0 Å². The largest absolute Gasteiger partial charge is 0.388 e. The minimum atomic E-state index is -4.04. The quantitative estimate of drug-likeness (QED) is 0.790. The molecule has 1 aromatic carbocycles. The van der Waals surface area contributed by atoms with E-state index < -0.39 is 28.6 Å². The van der Waals surface area contributed by atoms with Gasteiger partial charge < -0.3 is 10.0 Å². The van der Waals surface area contributed by atoms with Crippen molar-refractivity contribution < 1.29 is 27.1 Å². The summed E-state index contributed by atoms with van der Waals surface area (Å²) in [4.78, 5) is 13.9. The van der Waals surface area contributed by atoms with Crippen LogP contribution in [0.2, 0.25) is 0 Å². The molecule has 140 valence electrons. The minimum absolute atomic E-state index is 0.187. The number of hydrogen-bond acceptors (Lipinski definition) is 4. The van der Waals surface area contributed by atoms with Gasteiger partial charge in [0.25, 0.3) is 12.3 Å². The molecule has 2 rings (SSSR count). The lowest BCUT2D eigenvalue weighted by atomic mass is 9.90. The van der Waals surface area contributed by atoms with Crippen molar-refractivity contribution in [2.45, 2.75) is 43.1 Å². The van der Waals surface area contributed by atoms with Gasteiger partial charge in [-0.3, -0.25) is 4.79 Å². The first-order chi connectivity index (χ1) is 11.7. The highest BCUT2D eigenvalue weighted by atomic mass is 32.2. The fraction of sp³-hybridized carbons (Fsp3) is 0.562. The Hall–Kier alpha value is -1.58. The van der Waals surface area contributed by atoms with Crippen molar-refractivity contribution in [2.24, 2.45) is 0 Å². The number of aliphatic hydroxyl groups is 1. The number of halogens is 2. The predicted octanol–water partition coefficient (Wildman–Crippen LogP) is 1.61. The Morgan fingerprint density at radius 2 is 2.00 bits per heavy atom. The maximum absolute atomic E-state index is 12.5. The molecule has 0 aromatic heterocycles. The number of rotatable bonds is 6. The number of benzene rings is 1. The van der Waals surface area contributed by atoms with Gasteiger partial charge in [0, 0.05) is 18.7 Å². The van der Waals surface area contributed by atoms with Crippen LogP contribution >= 0.6 is 0 Å². The number of carbonyl (C=O) groups is 1. The molecule has 0 bridgehead atoms. The molecule has 1 aromatic rings. The number of carbonyl (C=O) groups excluding carboxylic acids is 1. The van der Waals surface area contributed by atoms with Gasteiger partial charge in [0.2, 0.25) is 10.0 Å². The molecule has 0 saturated carbocycles. The molecular weight excluding hydrogens is 354 g/mol. The van der Waals surface area contributed by atoms with Gasteiger partial charge in [0.15, 0.2) is 0 Å². The second kappa shape index (κ2) is 7.76. The lowest BCUT2D eigenvalue weighted by Crippen LogP contribution is -2.49. The molecule has 1 atom stereocenters. The third kappa shape index (κ3) is 4.96. The summed E-state index contributed by atoms with van der Waals surface area (Å²) in [7, 11) is -4.04. The molecule has 0 spiro atoms. The van der Waals surface area contributed by atoms with Gasteiger partial charge in [-0.15, -0.1) is 0 Å². The topological polar surface area (TPSA) is 86.7 Å². The van der Waals surface area contributed by atoms with Gasteiger partial charge in [-0.2, -0.15) is 0 Å². The van der Waals surface area contributed by atoms with Crippen LogP contribution in [0.1, 0.15) is 36.5 Å². The Morgan fingerprint density at radius 1 is 1.36 bits per heavy atom. The number of amides is 1. The summed E-state index contributed by atoms with van der Waals surface area (Å²) in [5, 5.41) is 10.4. The molecule has 1 amide bonds. The Morgan fingerprint density at radius 3 is 2.56 bits per heavy atom. The lowest BCUT2D eigenvalue weighted by Gasteiger charge is -2.38. The summed E-state index contributed by atoms with van der Waals surface area (Å²) in [5.41, 5.74) is -0.607. The number of nitrogens with zero attached hydrogens (tertiary/aromatic N) is 1. The molecular formula is C16H22F2N2O4S. The smallest absolute Gasteiger partial charge is 0.253 e. The van der Waals surface area contributed by atoms with Crippen LogP contribution in [-0.4, -0.2) is 56.0 Å². The fourth-order valence-corrected chi connectivity index (χ4v) is 3.80. The Balaban J connectivity index is 2.10. The van der Waals surface area contributed by atoms with Gasteiger partial charge in [-0.1, -0.05) is 6.92 Å². The highest BCUT2D eigenvalue weighted by Crippen LogP contribution is 2.25. The Labute approximate surface area is 145 Å². The first kappa shape index (κ1) is 19.7. The van der Waals surface area contributed by atoms with E-state index in [-0.39, 0.29) is 22.9 Å². The number of β-amino-alcohol motifs (C(OH)–C–C–N with tert-alkyl or cyclic N) is 1. The van der Waals surface area contributed by atoms with E-state index in [0.717, 1.165) is 0 Å². The van der Waals surface area contributed by atoms with E-state index in [1.165, 1.54) is 24.3 Å². The molecule has 0 radical (unpaired) electrons. The molecule has 6 nitrogen and oxygen atoms in total. The normalized spacial score (nSPS) is 21.6. The van der Waals surface area contributed by atoms with Gasteiger partial charge in [0.1, 0.15) is 0 Å². The van der Waals surface area contributed by atoms with Gasteiger partial charge in [-0.25, -0.2) is 21.9 Å². The summed E-state index contributed by atoms with van der Waals surface area (Å²) in [6.45, 7) is 1.65. The number of nitrogens with one attached hydrogen (secondary N) is 1.